The Bertz CT molecular complexity index is 1560. The van der Waals surface area contributed by atoms with Crippen LogP contribution in [-0.2, 0) is 9.59 Å². The summed E-state index contributed by atoms with van der Waals surface area (Å²) in [5.41, 5.74) is 5.22. The number of amides is 3. The molecule has 0 atom stereocenters. The van der Waals surface area contributed by atoms with E-state index in [1.807, 2.05) is 30.3 Å². The molecule has 3 amide bonds. The lowest BCUT2D eigenvalue weighted by molar-refractivity contribution is -0.136. The van der Waals surface area contributed by atoms with Gasteiger partial charge < -0.3 is 10.6 Å². The molecule has 1 aliphatic carbocycles. The summed E-state index contributed by atoms with van der Waals surface area (Å²) in [7, 11) is 0. The van der Waals surface area contributed by atoms with Crippen LogP contribution in [0.3, 0.4) is 0 Å². The zero-order valence-corrected chi connectivity index (χ0v) is 22.2. The third-order valence-electron chi connectivity index (χ3n) is 6.82. The summed E-state index contributed by atoms with van der Waals surface area (Å²) in [5.74, 6) is -2.66. The van der Waals surface area contributed by atoms with Crippen LogP contribution < -0.4 is 16.1 Å². The first-order chi connectivity index (χ1) is 20.0. The number of hydrogen-bond acceptors (Lipinski definition) is 5. The maximum Gasteiger partial charge on any atom is 0.329 e. The molecule has 41 heavy (non-hydrogen) atoms. The monoisotopic (exact) mass is 552 g/mol. The molecule has 1 fully saturated rings. The van der Waals surface area contributed by atoms with Crippen LogP contribution in [0, 0.1) is 5.82 Å². The van der Waals surface area contributed by atoms with Crippen LogP contribution >= 0.6 is 0 Å². The highest BCUT2D eigenvalue weighted by atomic mass is 19.1. The first-order valence-corrected chi connectivity index (χ1v) is 13.4. The number of hydrazone groups is 1. The minimum atomic E-state index is -1.01. The van der Waals surface area contributed by atoms with Crippen molar-refractivity contribution in [2.24, 2.45) is 5.10 Å². The Hall–Kier alpha value is -5.12. The van der Waals surface area contributed by atoms with E-state index in [-0.39, 0.29) is 29.0 Å². The summed E-state index contributed by atoms with van der Waals surface area (Å²) in [6, 6.07) is 21.9. The van der Waals surface area contributed by atoms with E-state index >= 15 is 0 Å². The number of hydrogen-bond donors (Lipinski definition) is 3. The third kappa shape index (κ3) is 6.91. The molecule has 0 spiro atoms. The number of benzene rings is 3. The Balaban J connectivity index is 1.27. The van der Waals surface area contributed by atoms with Crippen LogP contribution in [0.25, 0.3) is 16.9 Å². The highest BCUT2D eigenvalue weighted by Crippen LogP contribution is 2.23. The van der Waals surface area contributed by atoms with Crippen molar-refractivity contribution in [3.8, 4) is 16.9 Å². The molecule has 5 rings (SSSR count). The standard InChI is InChI=1S/C31H29FN6O3/c32-23-17-15-21(16-18-23)28-22(20-38(37-28)25-11-5-2-6-12-25)19-33-36-31(41)30(40)35-27-14-8-7-13-26(27)29(39)34-24-9-3-1-4-10-24/h2,5-8,11-20,24H,1,3-4,9-10H2,(H,34,39)(H,35,40)(H,36,41)/b33-19+. The minimum Gasteiger partial charge on any atom is -0.349 e. The largest absolute Gasteiger partial charge is 0.349 e. The van der Waals surface area contributed by atoms with Gasteiger partial charge in [-0.1, -0.05) is 49.6 Å². The lowest BCUT2D eigenvalue weighted by atomic mass is 9.95. The zero-order chi connectivity index (χ0) is 28.6. The van der Waals surface area contributed by atoms with Crippen molar-refractivity contribution < 1.29 is 18.8 Å². The Morgan fingerprint density at radius 1 is 0.878 bits per heavy atom. The van der Waals surface area contributed by atoms with E-state index in [1.165, 1.54) is 24.8 Å². The number of para-hydroxylation sites is 2. The Labute approximate surface area is 236 Å². The first kappa shape index (κ1) is 27.4. The zero-order valence-electron chi connectivity index (χ0n) is 22.2. The molecule has 1 saturated carbocycles. The second-order valence-corrected chi connectivity index (χ2v) is 9.73. The predicted molar refractivity (Wildman–Crippen MR) is 154 cm³/mol. The van der Waals surface area contributed by atoms with E-state index in [4.69, 9.17) is 0 Å². The lowest BCUT2D eigenvalue weighted by Crippen LogP contribution is -2.37. The SMILES string of the molecule is O=C(N/N=C/c1cn(-c2ccccc2)nc1-c1ccc(F)cc1)C(=O)Nc1ccccc1C(=O)NC1CCCCC1. The Morgan fingerprint density at radius 2 is 1.59 bits per heavy atom. The molecule has 1 aliphatic rings. The van der Waals surface area contributed by atoms with Gasteiger partial charge in [0.05, 0.1) is 23.2 Å². The fourth-order valence-corrected chi connectivity index (χ4v) is 4.72. The van der Waals surface area contributed by atoms with Crippen molar-refractivity contribution in [2.75, 3.05) is 5.32 Å². The van der Waals surface area contributed by atoms with Gasteiger partial charge in [-0.05, 0) is 61.4 Å². The molecule has 9 nitrogen and oxygen atoms in total. The average Bonchev–Trinajstić information content (AvgIpc) is 3.43. The highest BCUT2D eigenvalue weighted by Gasteiger charge is 2.21. The molecule has 4 aromatic rings. The van der Waals surface area contributed by atoms with Gasteiger partial charge >= 0.3 is 11.8 Å². The third-order valence-corrected chi connectivity index (χ3v) is 6.82. The number of nitrogens with one attached hydrogen (secondary N) is 3. The summed E-state index contributed by atoms with van der Waals surface area (Å²) in [4.78, 5) is 38.1. The van der Waals surface area contributed by atoms with Gasteiger partial charge in [0.25, 0.3) is 5.91 Å². The van der Waals surface area contributed by atoms with E-state index in [2.05, 4.69) is 26.3 Å². The van der Waals surface area contributed by atoms with Crippen LogP contribution in [0.4, 0.5) is 10.1 Å². The lowest BCUT2D eigenvalue weighted by Gasteiger charge is -2.23. The van der Waals surface area contributed by atoms with Crippen LogP contribution in [-0.4, -0.2) is 39.8 Å². The number of anilines is 1. The molecule has 1 heterocycles. The normalized spacial score (nSPS) is 13.6. The molecular formula is C31H29FN6O3. The Kier molecular flexibility index (Phi) is 8.58. The molecule has 0 unspecified atom stereocenters. The summed E-state index contributed by atoms with van der Waals surface area (Å²) in [6.07, 6.45) is 8.23. The van der Waals surface area contributed by atoms with Crippen molar-refractivity contribution in [3.05, 3.63) is 102 Å². The maximum absolute atomic E-state index is 13.5. The van der Waals surface area contributed by atoms with Gasteiger partial charge in [-0.2, -0.15) is 10.2 Å². The second kappa shape index (κ2) is 12.8. The van der Waals surface area contributed by atoms with Gasteiger partial charge in [0.1, 0.15) is 11.5 Å². The number of carbonyl (C=O) groups excluding carboxylic acids is 3. The number of nitrogens with zero attached hydrogens (tertiary/aromatic N) is 3. The Morgan fingerprint density at radius 3 is 2.34 bits per heavy atom. The van der Waals surface area contributed by atoms with Crippen molar-refractivity contribution in [1.82, 2.24) is 20.5 Å². The van der Waals surface area contributed by atoms with Gasteiger partial charge in [0, 0.05) is 23.4 Å². The molecule has 0 aliphatic heterocycles. The van der Waals surface area contributed by atoms with Gasteiger partial charge in [0.15, 0.2) is 0 Å². The molecule has 0 saturated heterocycles. The van der Waals surface area contributed by atoms with E-state index < -0.39 is 11.8 Å². The summed E-state index contributed by atoms with van der Waals surface area (Å²) >= 11 is 0. The summed E-state index contributed by atoms with van der Waals surface area (Å²) in [5, 5.41) is 14.1. The number of carbonyl (C=O) groups is 3. The van der Waals surface area contributed by atoms with E-state index in [9.17, 15) is 18.8 Å². The van der Waals surface area contributed by atoms with Gasteiger partial charge in [0.2, 0.25) is 0 Å². The second-order valence-electron chi connectivity index (χ2n) is 9.73. The van der Waals surface area contributed by atoms with E-state index in [0.717, 1.165) is 31.4 Å². The summed E-state index contributed by atoms with van der Waals surface area (Å²) < 4.78 is 15.2. The quantitative estimate of drug-likeness (QED) is 0.173. The smallest absolute Gasteiger partial charge is 0.329 e. The van der Waals surface area contributed by atoms with Crippen LogP contribution in [0.1, 0.15) is 48.0 Å². The molecular weight excluding hydrogens is 523 g/mol. The highest BCUT2D eigenvalue weighted by molar-refractivity contribution is 6.40. The fraction of sp³-hybridized carbons (Fsp3) is 0.194. The molecule has 208 valence electrons. The van der Waals surface area contributed by atoms with E-state index in [0.29, 0.717) is 16.8 Å². The fourth-order valence-electron chi connectivity index (χ4n) is 4.72. The molecule has 1 aromatic heterocycles. The number of rotatable bonds is 7. The molecule has 3 N–H and O–H groups in total. The molecule has 0 bridgehead atoms. The molecule has 3 aromatic carbocycles. The first-order valence-electron chi connectivity index (χ1n) is 13.4. The van der Waals surface area contributed by atoms with Crippen molar-refractivity contribution >= 4 is 29.6 Å². The van der Waals surface area contributed by atoms with Crippen LogP contribution in [0.5, 0.6) is 0 Å². The molecule has 0 radical (unpaired) electrons. The van der Waals surface area contributed by atoms with Gasteiger partial charge in [-0.25, -0.2) is 14.5 Å². The average molecular weight is 553 g/mol. The number of aromatic nitrogens is 2. The molecule has 10 heteroatoms. The van der Waals surface area contributed by atoms with Gasteiger partial charge in [-0.3, -0.25) is 14.4 Å². The van der Waals surface area contributed by atoms with Gasteiger partial charge in [-0.15, -0.1) is 0 Å². The maximum atomic E-state index is 13.5. The topological polar surface area (TPSA) is 117 Å². The minimum absolute atomic E-state index is 0.101. The van der Waals surface area contributed by atoms with E-state index in [1.54, 1.807) is 47.3 Å². The van der Waals surface area contributed by atoms with Crippen molar-refractivity contribution in [2.45, 2.75) is 38.1 Å². The van der Waals surface area contributed by atoms with Crippen molar-refractivity contribution in [3.63, 3.8) is 0 Å². The van der Waals surface area contributed by atoms with Crippen LogP contribution in [0.2, 0.25) is 0 Å². The number of halogens is 1. The van der Waals surface area contributed by atoms with Crippen molar-refractivity contribution in [1.29, 1.82) is 0 Å². The van der Waals surface area contributed by atoms with Crippen LogP contribution in [0.15, 0.2) is 90.2 Å². The summed E-state index contributed by atoms with van der Waals surface area (Å²) in [6.45, 7) is 0. The predicted octanol–water partition coefficient (Wildman–Crippen LogP) is 4.83.